The molecule has 5 heteroatoms. The number of halogens is 3. The van der Waals surface area contributed by atoms with Crippen LogP contribution in [-0.2, 0) is 13.5 Å². The molecule has 0 amide bonds. The molecule has 1 aromatic heterocycles. The Morgan fingerprint density at radius 2 is 1.58 bits per heavy atom. The van der Waals surface area contributed by atoms with Crippen LogP contribution in [0.1, 0.15) is 37.5 Å². The molecule has 0 radical (unpaired) electrons. The Balaban J connectivity index is 2.25. The van der Waals surface area contributed by atoms with Gasteiger partial charge in [0.25, 0.3) is 0 Å². The number of aromatic nitrogens is 1. The molecule has 1 nitrogen and oxygen atoms in total. The van der Waals surface area contributed by atoms with Gasteiger partial charge in [-0.05, 0) is 53.1 Å². The highest BCUT2D eigenvalue weighted by molar-refractivity contribution is 6.92. The molecular weight excluding hydrogens is 411 g/mol. The number of rotatable bonds is 3. The van der Waals surface area contributed by atoms with Crippen molar-refractivity contribution in [1.29, 1.82) is 0 Å². The number of hydrogen-bond acceptors (Lipinski definition) is 0. The van der Waals surface area contributed by atoms with Crippen LogP contribution in [0.25, 0.3) is 22.0 Å². The summed E-state index contributed by atoms with van der Waals surface area (Å²) >= 11 is 0. The maximum Gasteiger partial charge on any atom is 0.393 e. The minimum Gasteiger partial charge on any atom is -0.200 e. The second kappa shape index (κ2) is 7.77. The zero-order chi connectivity index (χ0) is 23.4. The maximum absolute atomic E-state index is 13.1. The molecule has 0 saturated carbocycles. The standard InChI is InChI=1S/C26H33F3NSi/c1-17-13-19(16-26(27,28)29)14-23(18(17)2)24-22-10-9-21(31(7,8)25(3,4)5)15-20(22)11-12-30(24)6/h9-15H,16H2,1-8H3/q+1. The highest BCUT2D eigenvalue weighted by Crippen LogP contribution is 2.37. The summed E-state index contributed by atoms with van der Waals surface area (Å²) in [7, 11) is 0.264. The van der Waals surface area contributed by atoms with E-state index in [9.17, 15) is 13.2 Å². The highest BCUT2D eigenvalue weighted by Gasteiger charge is 2.37. The van der Waals surface area contributed by atoms with E-state index in [-0.39, 0.29) is 5.04 Å². The van der Waals surface area contributed by atoms with Crippen LogP contribution >= 0.6 is 0 Å². The van der Waals surface area contributed by atoms with Crippen molar-refractivity contribution in [2.24, 2.45) is 7.05 Å². The van der Waals surface area contributed by atoms with Crippen molar-refractivity contribution in [2.75, 3.05) is 0 Å². The van der Waals surface area contributed by atoms with E-state index >= 15 is 0 Å². The summed E-state index contributed by atoms with van der Waals surface area (Å²) in [5.41, 5.74) is 4.03. The van der Waals surface area contributed by atoms with Crippen molar-refractivity contribution in [3.63, 3.8) is 0 Å². The first-order valence-corrected chi connectivity index (χ1v) is 13.7. The molecule has 0 saturated heterocycles. The lowest BCUT2D eigenvalue weighted by molar-refractivity contribution is -0.659. The molecule has 3 rings (SSSR count). The Morgan fingerprint density at radius 3 is 2.16 bits per heavy atom. The topological polar surface area (TPSA) is 3.88 Å². The van der Waals surface area contributed by atoms with E-state index < -0.39 is 20.7 Å². The Hall–Kier alpha value is -2.14. The first-order chi connectivity index (χ1) is 14.1. The molecule has 0 bridgehead atoms. The summed E-state index contributed by atoms with van der Waals surface area (Å²) in [6.07, 6.45) is -3.12. The van der Waals surface area contributed by atoms with Gasteiger partial charge in [-0.2, -0.15) is 13.2 Å². The molecule has 0 aliphatic carbocycles. The van der Waals surface area contributed by atoms with Gasteiger partial charge in [0, 0.05) is 6.07 Å². The average Bonchev–Trinajstić information content (AvgIpc) is 2.62. The molecule has 31 heavy (non-hydrogen) atoms. The van der Waals surface area contributed by atoms with Gasteiger partial charge in [0.2, 0.25) is 5.69 Å². The van der Waals surface area contributed by atoms with Gasteiger partial charge in [0.05, 0.1) is 25.4 Å². The smallest absolute Gasteiger partial charge is 0.200 e. The summed E-state index contributed by atoms with van der Waals surface area (Å²) in [6, 6.07) is 12.2. The van der Waals surface area contributed by atoms with Crippen molar-refractivity contribution >= 4 is 24.0 Å². The zero-order valence-electron chi connectivity index (χ0n) is 19.8. The summed E-state index contributed by atoms with van der Waals surface area (Å²) in [4.78, 5) is 0. The molecule has 0 spiro atoms. The molecule has 0 unspecified atom stereocenters. The second-order valence-corrected chi connectivity index (χ2v) is 15.7. The molecule has 0 atom stereocenters. The van der Waals surface area contributed by atoms with E-state index in [1.165, 1.54) is 5.19 Å². The molecule has 0 aliphatic rings. The molecular formula is C26H33F3NSi+. The number of pyridine rings is 1. The zero-order valence-corrected chi connectivity index (χ0v) is 20.8. The fourth-order valence-electron chi connectivity index (χ4n) is 4.04. The van der Waals surface area contributed by atoms with Crippen LogP contribution in [0.4, 0.5) is 13.2 Å². The van der Waals surface area contributed by atoms with Crippen LogP contribution in [0.5, 0.6) is 0 Å². The number of hydrogen-bond donors (Lipinski definition) is 0. The molecule has 2 aromatic carbocycles. The van der Waals surface area contributed by atoms with E-state index in [0.717, 1.165) is 33.2 Å². The Bertz CT molecular complexity index is 1140. The van der Waals surface area contributed by atoms with E-state index in [2.05, 4.69) is 58.1 Å². The number of nitrogens with zero attached hydrogens (tertiary/aromatic N) is 1. The van der Waals surface area contributed by atoms with Crippen molar-refractivity contribution < 1.29 is 17.7 Å². The van der Waals surface area contributed by atoms with E-state index in [1.54, 1.807) is 12.1 Å². The fraction of sp³-hybridized carbons (Fsp3) is 0.423. The number of alkyl halides is 3. The third-order valence-corrected chi connectivity index (χ3v) is 12.6. The Kier molecular flexibility index (Phi) is 5.89. The predicted molar refractivity (Wildman–Crippen MR) is 127 cm³/mol. The molecule has 1 heterocycles. The lowest BCUT2D eigenvalue weighted by atomic mass is 9.93. The van der Waals surface area contributed by atoms with Crippen molar-refractivity contribution in [3.8, 4) is 11.3 Å². The SMILES string of the molecule is Cc1cc(CC(F)(F)F)cc(-c2c3ccc([Si](C)(C)C(C)(C)C)cc3cc[n+]2C)c1C. The molecule has 0 fully saturated rings. The summed E-state index contributed by atoms with van der Waals surface area (Å²) in [5.74, 6) is 0. The van der Waals surface area contributed by atoms with Crippen LogP contribution < -0.4 is 9.75 Å². The number of fused-ring (bicyclic) bond motifs is 1. The molecule has 3 aromatic rings. The second-order valence-electron chi connectivity index (χ2n) is 10.3. The summed E-state index contributed by atoms with van der Waals surface area (Å²) in [5, 5.41) is 3.82. The fourth-order valence-corrected chi connectivity index (χ4v) is 5.93. The van der Waals surface area contributed by atoms with Gasteiger partial charge in [0.15, 0.2) is 6.20 Å². The summed E-state index contributed by atoms with van der Waals surface area (Å²) in [6.45, 7) is 15.6. The van der Waals surface area contributed by atoms with E-state index in [0.29, 0.717) is 5.56 Å². The van der Waals surface area contributed by atoms with Gasteiger partial charge >= 0.3 is 6.18 Å². The monoisotopic (exact) mass is 444 g/mol. The highest BCUT2D eigenvalue weighted by atomic mass is 28.3. The van der Waals surface area contributed by atoms with Crippen molar-refractivity contribution in [3.05, 3.63) is 59.3 Å². The molecule has 166 valence electrons. The maximum atomic E-state index is 13.1. The van der Waals surface area contributed by atoms with Crippen LogP contribution in [0, 0.1) is 13.8 Å². The van der Waals surface area contributed by atoms with E-state index in [4.69, 9.17) is 0 Å². The first-order valence-electron chi connectivity index (χ1n) is 10.7. The van der Waals surface area contributed by atoms with Gasteiger partial charge in [-0.3, -0.25) is 0 Å². The predicted octanol–water partition coefficient (Wildman–Crippen LogP) is 6.77. The van der Waals surface area contributed by atoms with Gasteiger partial charge in [-0.1, -0.05) is 57.3 Å². The minimum atomic E-state index is -4.22. The van der Waals surface area contributed by atoms with Crippen LogP contribution in [0.2, 0.25) is 18.1 Å². The van der Waals surface area contributed by atoms with Crippen molar-refractivity contribution in [2.45, 2.75) is 65.3 Å². The van der Waals surface area contributed by atoms with Gasteiger partial charge in [0.1, 0.15) is 7.05 Å². The van der Waals surface area contributed by atoms with Gasteiger partial charge in [-0.25, -0.2) is 4.57 Å². The summed E-state index contributed by atoms with van der Waals surface area (Å²) < 4.78 is 41.3. The van der Waals surface area contributed by atoms with Crippen LogP contribution in [0.3, 0.4) is 0 Å². The van der Waals surface area contributed by atoms with Gasteiger partial charge in [-0.15, -0.1) is 0 Å². The molecule has 0 aliphatic heterocycles. The number of benzene rings is 2. The Labute approximate surface area is 184 Å². The van der Waals surface area contributed by atoms with E-state index in [1.807, 2.05) is 31.7 Å². The average molecular weight is 445 g/mol. The largest absolute Gasteiger partial charge is 0.393 e. The normalized spacial score (nSPS) is 13.1. The van der Waals surface area contributed by atoms with Crippen molar-refractivity contribution in [1.82, 2.24) is 0 Å². The van der Waals surface area contributed by atoms with Crippen LogP contribution in [-0.4, -0.2) is 14.3 Å². The van der Waals surface area contributed by atoms with Crippen LogP contribution in [0.15, 0.2) is 42.6 Å². The lowest BCUT2D eigenvalue weighted by Crippen LogP contribution is -2.49. The minimum absolute atomic E-state index is 0.225. The third kappa shape index (κ3) is 4.57. The lowest BCUT2D eigenvalue weighted by Gasteiger charge is -2.37. The Morgan fingerprint density at radius 1 is 0.935 bits per heavy atom. The third-order valence-electron chi connectivity index (χ3n) is 7.12. The quantitative estimate of drug-likeness (QED) is 0.310. The molecule has 0 N–H and O–H groups in total. The first kappa shape index (κ1) is 23.5. The van der Waals surface area contributed by atoms with Gasteiger partial charge < -0.3 is 0 Å². The number of aryl methyl sites for hydroxylation is 2.